The maximum atomic E-state index is 11.0. The van der Waals surface area contributed by atoms with Crippen LogP contribution in [0.3, 0.4) is 0 Å². The average Bonchev–Trinajstić information content (AvgIpc) is 2.05. The second-order valence-corrected chi connectivity index (χ2v) is 4.68. The fraction of sp³-hybridized carbons (Fsp3) is 0.125. The highest BCUT2D eigenvalue weighted by Crippen LogP contribution is 2.24. The molecule has 6 nitrogen and oxygen atoms in total. The van der Waals surface area contributed by atoms with Gasteiger partial charge in [0.25, 0.3) is 0 Å². The minimum Gasteiger partial charge on any atom is -0.370 e. The van der Waals surface area contributed by atoms with Crippen LogP contribution in [0, 0.1) is 0 Å². The number of hydrogen-bond donors (Lipinski definition) is 3. The lowest BCUT2D eigenvalue weighted by molar-refractivity contribution is 0.607. The van der Waals surface area contributed by atoms with Gasteiger partial charge >= 0.3 is 0 Å². The van der Waals surface area contributed by atoms with Crippen molar-refractivity contribution >= 4 is 27.4 Å². The van der Waals surface area contributed by atoms with Gasteiger partial charge in [0.05, 0.1) is 17.6 Å². The number of sulfonamides is 1. The Hall–Kier alpha value is -1.76. The van der Waals surface area contributed by atoms with Crippen molar-refractivity contribution in [2.24, 2.45) is 16.5 Å². The molecule has 0 spiro atoms. The topological polar surface area (TPSA) is 111 Å². The molecule has 0 atom stereocenters. The molecule has 0 saturated heterocycles. The third-order valence-electron chi connectivity index (χ3n) is 1.45. The largest absolute Gasteiger partial charge is 0.370 e. The molecule has 0 saturated carbocycles. The number of anilines is 1. The van der Waals surface area contributed by atoms with E-state index < -0.39 is 10.0 Å². The van der Waals surface area contributed by atoms with Gasteiger partial charge in [0.15, 0.2) is 5.96 Å². The van der Waals surface area contributed by atoms with Crippen LogP contribution in [0.5, 0.6) is 0 Å². The van der Waals surface area contributed by atoms with Crippen molar-refractivity contribution in [1.29, 1.82) is 0 Å². The van der Waals surface area contributed by atoms with E-state index in [0.29, 0.717) is 11.4 Å². The fourth-order valence-corrected chi connectivity index (χ4v) is 1.57. The molecule has 0 aliphatic carbocycles. The quantitative estimate of drug-likeness (QED) is 0.498. The molecule has 0 bridgehead atoms. The summed E-state index contributed by atoms with van der Waals surface area (Å²) in [5.74, 6) is -0.127. The second-order valence-electron chi connectivity index (χ2n) is 2.93. The second kappa shape index (κ2) is 4.18. The van der Waals surface area contributed by atoms with Crippen molar-refractivity contribution in [3.05, 3.63) is 24.3 Å². The highest BCUT2D eigenvalue weighted by molar-refractivity contribution is 7.92. The Bertz CT molecular complexity index is 477. The molecule has 82 valence electrons. The number of nitrogens with two attached hydrogens (primary N) is 2. The van der Waals surface area contributed by atoms with Gasteiger partial charge < -0.3 is 11.5 Å². The molecule has 0 aliphatic heterocycles. The summed E-state index contributed by atoms with van der Waals surface area (Å²) in [6, 6.07) is 6.56. The molecular weight excluding hydrogens is 216 g/mol. The zero-order valence-corrected chi connectivity index (χ0v) is 8.95. The van der Waals surface area contributed by atoms with Crippen LogP contribution < -0.4 is 16.2 Å². The first-order valence-electron chi connectivity index (χ1n) is 4.05. The molecule has 0 amide bonds. The van der Waals surface area contributed by atoms with Gasteiger partial charge in [0, 0.05) is 0 Å². The van der Waals surface area contributed by atoms with E-state index in [4.69, 9.17) is 11.5 Å². The van der Waals surface area contributed by atoms with Crippen LogP contribution in [0.4, 0.5) is 11.4 Å². The molecule has 15 heavy (non-hydrogen) atoms. The summed E-state index contributed by atoms with van der Waals surface area (Å²) in [7, 11) is -3.34. The Morgan fingerprint density at radius 1 is 1.33 bits per heavy atom. The molecule has 1 aromatic rings. The van der Waals surface area contributed by atoms with E-state index in [-0.39, 0.29) is 5.96 Å². The summed E-state index contributed by atoms with van der Waals surface area (Å²) >= 11 is 0. The van der Waals surface area contributed by atoms with E-state index in [9.17, 15) is 8.42 Å². The normalized spacial score (nSPS) is 10.7. The first kappa shape index (κ1) is 11.3. The van der Waals surface area contributed by atoms with Gasteiger partial charge in [-0.2, -0.15) is 0 Å². The Kier molecular flexibility index (Phi) is 3.15. The maximum absolute atomic E-state index is 11.0. The maximum Gasteiger partial charge on any atom is 0.229 e. The van der Waals surface area contributed by atoms with Crippen molar-refractivity contribution in [2.45, 2.75) is 0 Å². The van der Waals surface area contributed by atoms with Gasteiger partial charge in [0.1, 0.15) is 0 Å². The van der Waals surface area contributed by atoms with Crippen LogP contribution in [0.25, 0.3) is 0 Å². The first-order valence-corrected chi connectivity index (χ1v) is 5.94. The molecule has 5 N–H and O–H groups in total. The summed E-state index contributed by atoms with van der Waals surface area (Å²) < 4.78 is 24.3. The molecule has 1 aromatic carbocycles. The lowest BCUT2D eigenvalue weighted by Crippen LogP contribution is -2.22. The molecule has 0 aliphatic rings. The molecule has 0 unspecified atom stereocenters. The Labute approximate surface area is 88.0 Å². The monoisotopic (exact) mass is 228 g/mol. The molecule has 0 heterocycles. The molecule has 0 fully saturated rings. The van der Waals surface area contributed by atoms with Gasteiger partial charge in [-0.05, 0) is 12.1 Å². The number of benzene rings is 1. The van der Waals surface area contributed by atoms with E-state index in [1.54, 1.807) is 24.3 Å². The van der Waals surface area contributed by atoms with Crippen LogP contribution in [0.1, 0.15) is 0 Å². The van der Waals surface area contributed by atoms with E-state index >= 15 is 0 Å². The SMILES string of the molecule is CS(=O)(=O)Nc1ccccc1N=C(N)N. The van der Waals surface area contributed by atoms with Gasteiger partial charge in [-0.15, -0.1) is 0 Å². The van der Waals surface area contributed by atoms with E-state index in [1.807, 2.05) is 0 Å². The van der Waals surface area contributed by atoms with E-state index in [0.717, 1.165) is 6.26 Å². The van der Waals surface area contributed by atoms with E-state index in [2.05, 4.69) is 9.71 Å². The van der Waals surface area contributed by atoms with Crippen molar-refractivity contribution in [1.82, 2.24) is 0 Å². The zero-order chi connectivity index (χ0) is 11.5. The number of rotatable bonds is 3. The van der Waals surface area contributed by atoms with Gasteiger partial charge in [-0.1, -0.05) is 12.1 Å². The Morgan fingerprint density at radius 3 is 2.47 bits per heavy atom. The van der Waals surface area contributed by atoms with Crippen molar-refractivity contribution in [3.63, 3.8) is 0 Å². The van der Waals surface area contributed by atoms with Crippen molar-refractivity contribution in [3.8, 4) is 0 Å². The highest BCUT2D eigenvalue weighted by Gasteiger charge is 2.05. The molecule has 0 aromatic heterocycles. The molecular formula is C8H12N4O2S. The van der Waals surface area contributed by atoms with Gasteiger partial charge in [-0.3, -0.25) is 4.72 Å². The van der Waals surface area contributed by atoms with E-state index in [1.165, 1.54) is 0 Å². The standard InChI is InChI=1S/C8H12N4O2S/c1-15(13,14)12-7-5-3-2-4-6(7)11-8(9)10/h2-5,12H,1H3,(H4,9,10,11). The molecule has 1 rings (SSSR count). The van der Waals surface area contributed by atoms with Crippen LogP contribution in [-0.4, -0.2) is 20.6 Å². The zero-order valence-electron chi connectivity index (χ0n) is 8.14. The third kappa shape index (κ3) is 3.86. The summed E-state index contributed by atoms with van der Waals surface area (Å²) in [6.07, 6.45) is 1.05. The first-order chi connectivity index (χ1) is 6.88. The smallest absolute Gasteiger partial charge is 0.229 e. The molecule has 7 heteroatoms. The Balaban J connectivity index is 3.13. The van der Waals surface area contributed by atoms with Crippen LogP contribution in [0.2, 0.25) is 0 Å². The fourth-order valence-electron chi connectivity index (χ4n) is 0.996. The summed E-state index contributed by atoms with van der Waals surface area (Å²) in [5.41, 5.74) is 11.1. The van der Waals surface area contributed by atoms with Crippen LogP contribution in [0.15, 0.2) is 29.3 Å². The lowest BCUT2D eigenvalue weighted by Gasteiger charge is -2.06. The minimum atomic E-state index is -3.34. The number of nitrogens with zero attached hydrogens (tertiary/aromatic N) is 1. The summed E-state index contributed by atoms with van der Waals surface area (Å²) in [5, 5.41) is 0. The number of nitrogens with one attached hydrogen (secondary N) is 1. The third-order valence-corrected chi connectivity index (χ3v) is 2.04. The molecule has 0 radical (unpaired) electrons. The number of aliphatic imine (C=N–C) groups is 1. The minimum absolute atomic E-state index is 0.127. The summed E-state index contributed by atoms with van der Waals surface area (Å²) in [6.45, 7) is 0. The summed E-state index contributed by atoms with van der Waals surface area (Å²) in [4.78, 5) is 3.79. The van der Waals surface area contributed by atoms with Crippen LogP contribution >= 0.6 is 0 Å². The predicted octanol–water partition coefficient (Wildman–Crippen LogP) is -0.0370. The number of guanidine groups is 1. The van der Waals surface area contributed by atoms with Crippen molar-refractivity contribution in [2.75, 3.05) is 11.0 Å². The van der Waals surface area contributed by atoms with Crippen LogP contribution in [-0.2, 0) is 10.0 Å². The Morgan fingerprint density at radius 2 is 1.93 bits per heavy atom. The average molecular weight is 228 g/mol. The number of hydrogen-bond acceptors (Lipinski definition) is 3. The van der Waals surface area contributed by atoms with Gasteiger partial charge in [-0.25, -0.2) is 13.4 Å². The van der Waals surface area contributed by atoms with Gasteiger partial charge in [0.2, 0.25) is 10.0 Å². The predicted molar refractivity (Wildman–Crippen MR) is 60.4 cm³/mol. The van der Waals surface area contributed by atoms with Crippen molar-refractivity contribution < 1.29 is 8.42 Å². The highest BCUT2D eigenvalue weighted by atomic mass is 32.2. The number of para-hydroxylation sites is 2. The lowest BCUT2D eigenvalue weighted by atomic mass is 10.3.